The minimum Gasteiger partial charge on any atom is -0.457 e. The summed E-state index contributed by atoms with van der Waals surface area (Å²) in [6, 6.07) is 18.9. The number of carbonyl (C=O) groups excluding carboxylic acids is 3. The second-order valence-electron chi connectivity index (χ2n) is 12.3. The van der Waals surface area contributed by atoms with Gasteiger partial charge in [-0.2, -0.15) is 0 Å². The molecule has 0 aliphatic carbocycles. The van der Waals surface area contributed by atoms with Crippen LogP contribution in [0.4, 0.5) is 4.79 Å². The van der Waals surface area contributed by atoms with Gasteiger partial charge in [0.15, 0.2) is 5.76 Å². The van der Waals surface area contributed by atoms with Crippen molar-refractivity contribution in [2.24, 2.45) is 11.8 Å². The Bertz CT molecular complexity index is 1380. The number of hydrogen-bond donors (Lipinski definition) is 1. The first-order valence-corrected chi connectivity index (χ1v) is 16.2. The molecule has 3 aromatic rings. The zero-order valence-electron chi connectivity index (χ0n) is 26.4. The molecule has 1 aliphatic rings. The number of amides is 2. The summed E-state index contributed by atoms with van der Waals surface area (Å²) in [5, 5.41) is 8.95. The first-order chi connectivity index (χ1) is 21.3. The van der Waals surface area contributed by atoms with E-state index in [1.807, 2.05) is 69.3 Å². The van der Waals surface area contributed by atoms with E-state index < -0.39 is 29.7 Å². The molecule has 2 unspecified atom stereocenters. The Kier molecular flexibility index (Phi) is 12.4. The highest BCUT2D eigenvalue weighted by Crippen LogP contribution is 2.32. The number of rotatable bonds is 17. The number of ketones is 1. The van der Waals surface area contributed by atoms with Gasteiger partial charge in [0.05, 0.1) is 6.04 Å². The summed E-state index contributed by atoms with van der Waals surface area (Å²) >= 11 is 0. The highest BCUT2D eigenvalue weighted by atomic mass is 16.6. The number of hydrogen-bond acceptors (Lipinski definition) is 6. The van der Waals surface area contributed by atoms with Crippen molar-refractivity contribution in [3.8, 4) is 11.1 Å². The highest BCUT2D eigenvalue weighted by molar-refractivity contribution is 6.12. The molecule has 2 atom stereocenters. The Hall–Kier alpha value is -3.71. The number of unbranched alkanes of at least 4 members (excludes halogenated alkanes) is 7. The number of carbonyl (C=O) groups is 3. The number of aryl methyl sites for hydroxylation is 2. The Morgan fingerprint density at radius 1 is 0.909 bits per heavy atom. The van der Waals surface area contributed by atoms with Crippen LogP contribution < -0.4 is 0 Å². The van der Waals surface area contributed by atoms with Crippen LogP contribution in [0.2, 0.25) is 0 Å². The van der Waals surface area contributed by atoms with Crippen LogP contribution in [-0.4, -0.2) is 47.0 Å². The van der Waals surface area contributed by atoms with Gasteiger partial charge in [0.2, 0.25) is 11.7 Å². The minimum atomic E-state index is -1.13. The zero-order valence-corrected chi connectivity index (χ0v) is 26.4. The van der Waals surface area contributed by atoms with Crippen LogP contribution in [0.3, 0.4) is 0 Å². The smallest absolute Gasteiger partial charge is 0.417 e. The third kappa shape index (κ3) is 8.69. The predicted molar refractivity (Wildman–Crippen MR) is 171 cm³/mol. The Balaban J connectivity index is 1.58. The average Bonchev–Trinajstić information content (AvgIpc) is 3.63. The first kappa shape index (κ1) is 33.2. The van der Waals surface area contributed by atoms with Gasteiger partial charge in [0.1, 0.15) is 18.3 Å². The summed E-state index contributed by atoms with van der Waals surface area (Å²) < 4.78 is 11.6. The monoisotopic (exact) mass is 601 g/mol. The summed E-state index contributed by atoms with van der Waals surface area (Å²) in [4.78, 5) is 42.1. The summed E-state index contributed by atoms with van der Waals surface area (Å²) in [6.45, 7) is 6.29. The topological polar surface area (TPSA) is 97.1 Å². The van der Waals surface area contributed by atoms with Gasteiger partial charge in [-0.15, -0.1) is 0 Å². The fraction of sp³-hybridized carbons (Fsp3) is 0.486. The molecular weight excluding hydrogens is 554 g/mol. The molecule has 236 valence electrons. The lowest BCUT2D eigenvalue weighted by atomic mass is 9.91. The van der Waals surface area contributed by atoms with E-state index >= 15 is 0 Å². The number of nitrogens with zero attached hydrogens (tertiary/aromatic N) is 1. The van der Waals surface area contributed by atoms with Crippen LogP contribution in [0.15, 0.2) is 65.1 Å². The number of imide groups is 1. The fourth-order valence-electron chi connectivity index (χ4n) is 5.91. The Labute approximate surface area is 261 Å². The molecule has 1 aliphatic heterocycles. The van der Waals surface area contributed by atoms with Crippen LogP contribution in [0.1, 0.15) is 92.7 Å². The van der Waals surface area contributed by atoms with Crippen molar-refractivity contribution in [3.63, 3.8) is 0 Å². The largest absolute Gasteiger partial charge is 0.457 e. The number of benzene rings is 2. The normalized spacial score (nSPS) is 15.5. The van der Waals surface area contributed by atoms with Gasteiger partial charge in [-0.3, -0.25) is 9.59 Å². The van der Waals surface area contributed by atoms with Gasteiger partial charge in [-0.1, -0.05) is 113 Å². The van der Waals surface area contributed by atoms with Crippen molar-refractivity contribution in [1.29, 1.82) is 0 Å². The Morgan fingerprint density at radius 2 is 1.59 bits per heavy atom. The molecule has 0 spiro atoms. The van der Waals surface area contributed by atoms with Crippen molar-refractivity contribution in [1.82, 2.24) is 4.90 Å². The second-order valence-corrected chi connectivity index (χ2v) is 12.3. The van der Waals surface area contributed by atoms with E-state index in [0.29, 0.717) is 6.42 Å². The maximum atomic E-state index is 14.2. The fourth-order valence-corrected chi connectivity index (χ4v) is 5.91. The van der Waals surface area contributed by atoms with Gasteiger partial charge < -0.3 is 14.3 Å². The van der Waals surface area contributed by atoms with Crippen LogP contribution in [0, 0.1) is 18.8 Å². The van der Waals surface area contributed by atoms with Crippen molar-refractivity contribution in [2.45, 2.75) is 91.0 Å². The number of cyclic esters (lactones) is 1. The van der Waals surface area contributed by atoms with E-state index in [9.17, 15) is 14.4 Å². The molecule has 4 rings (SSSR count). The van der Waals surface area contributed by atoms with E-state index in [1.54, 1.807) is 6.07 Å². The third-order valence-corrected chi connectivity index (χ3v) is 8.50. The van der Waals surface area contributed by atoms with E-state index in [2.05, 4.69) is 6.07 Å². The quantitative estimate of drug-likeness (QED) is 0.0958. The van der Waals surface area contributed by atoms with Crippen LogP contribution in [-0.2, 0) is 22.4 Å². The van der Waals surface area contributed by atoms with Gasteiger partial charge in [0, 0.05) is 18.6 Å². The van der Waals surface area contributed by atoms with E-state index in [4.69, 9.17) is 14.3 Å². The summed E-state index contributed by atoms with van der Waals surface area (Å²) in [5.74, 6) is -1.23. The van der Waals surface area contributed by atoms with E-state index in [0.717, 1.165) is 77.9 Å². The molecule has 0 radical (unpaired) electrons. The molecule has 7 heteroatoms. The number of aliphatic hydroxyl groups is 1. The highest BCUT2D eigenvalue weighted by Gasteiger charge is 2.44. The molecule has 1 N–H and O–H groups in total. The molecule has 2 aromatic carbocycles. The maximum absolute atomic E-state index is 14.2. The standard InChI is InChI=1S/C37H47NO6/c1-26(2)32-25-43-37(42)38(32)36(41)31(23-28-17-11-10-12-18-28)35(40)34-24-30(29-19-15-16-27(3)22-29)33(44-34)20-13-8-6-4-5-7-9-14-21-39/h10-12,15-19,22,24,26,31-32,39H,4-9,13-14,20-21,23,25H2,1-3H3. The Morgan fingerprint density at radius 3 is 2.25 bits per heavy atom. The lowest BCUT2D eigenvalue weighted by Crippen LogP contribution is -2.47. The van der Waals surface area contributed by atoms with Crippen molar-refractivity contribution in [2.75, 3.05) is 13.2 Å². The minimum absolute atomic E-state index is 0.0124. The lowest BCUT2D eigenvalue weighted by molar-refractivity contribution is -0.132. The first-order valence-electron chi connectivity index (χ1n) is 16.2. The number of furan rings is 1. The molecule has 1 saturated heterocycles. The predicted octanol–water partition coefficient (Wildman–Crippen LogP) is 7.96. The second kappa shape index (κ2) is 16.4. The van der Waals surface area contributed by atoms with Gasteiger partial charge in [-0.05, 0) is 49.3 Å². The van der Waals surface area contributed by atoms with Crippen LogP contribution >= 0.6 is 0 Å². The van der Waals surface area contributed by atoms with E-state index in [1.165, 1.54) is 6.42 Å². The third-order valence-electron chi connectivity index (χ3n) is 8.50. The molecule has 0 bridgehead atoms. The lowest BCUT2D eigenvalue weighted by Gasteiger charge is -2.26. The van der Waals surface area contributed by atoms with Crippen molar-refractivity contribution >= 4 is 17.8 Å². The molecule has 7 nitrogen and oxygen atoms in total. The molecule has 1 aromatic heterocycles. The van der Waals surface area contributed by atoms with Crippen molar-refractivity contribution in [3.05, 3.63) is 83.3 Å². The number of Topliss-reactive ketones (excluding diaryl/α,β-unsaturated/α-hetero) is 1. The zero-order chi connectivity index (χ0) is 31.5. The van der Waals surface area contributed by atoms with Crippen LogP contribution in [0.5, 0.6) is 0 Å². The van der Waals surface area contributed by atoms with Crippen molar-refractivity contribution < 1.29 is 28.6 Å². The van der Waals surface area contributed by atoms with E-state index in [-0.39, 0.29) is 31.3 Å². The summed E-state index contributed by atoms with van der Waals surface area (Å²) in [7, 11) is 0. The van der Waals surface area contributed by atoms with Crippen LogP contribution in [0.25, 0.3) is 11.1 Å². The molecule has 44 heavy (non-hydrogen) atoms. The molecule has 0 saturated carbocycles. The molecule has 2 heterocycles. The van der Waals surface area contributed by atoms with Gasteiger partial charge in [-0.25, -0.2) is 9.69 Å². The maximum Gasteiger partial charge on any atom is 0.417 e. The van der Waals surface area contributed by atoms with Gasteiger partial charge in [0.25, 0.3) is 0 Å². The number of aliphatic hydroxyl groups excluding tert-OH is 1. The van der Waals surface area contributed by atoms with Gasteiger partial charge >= 0.3 is 6.09 Å². The summed E-state index contributed by atoms with van der Waals surface area (Å²) in [5.41, 5.74) is 3.77. The molecule has 2 amide bonds. The molecular formula is C37H47NO6. The average molecular weight is 602 g/mol. The number of ether oxygens (including phenoxy) is 1. The molecule has 1 fully saturated rings. The SMILES string of the molecule is Cc1cccc(-c2cc(C(=O)C(Cc3ccccc3)C(=O)N3C(=O)OCC3C(C)C)oc2CCCCCCCCCCO)c1. The summed E-state index contributed by atoms with van der Waals surface area (Å²) in [6.07, 6.45) is 8.69.